The number of rotatable bonds is 4. The van der Waals surface area contributed by atoms with Crippen LogP contribution in [0.3, 0.4) is 0 Å². The van der Waals surface area contributed by atoms with Gasteiger partial charge in [0.25, 0.3) is 0 Å². The van der Waals surface area contributed by atoms with Crippen LogP contribution >= 0.6 is 11.3 Å². The summed E-state index contributed by atoms with van der Waals surface area (Å²) in [5.74, 6) is 0. The normalized spacial score (nSPS) is 10.4. The zero-order chi connectivity index (χ0) is 11.4. The summed E-state index contributed by atoms with van der Waals surface area (Å²) in [6, 6.07) is 4.02. The van der Waals surface area contributed by atoms with Gasteiger partial charge in [0, 0.05) is 43.6 Å². The van der Waals surface area contributed by atoms with Gasteiger partial charge < -0.3 is 10.6 Å². The summed E-state index contributed by atoms with van der Waals surface area (Å²) in [6.45, 7) is 1.39. The highest BCUT2D eigenvalue weighted by Gasteiger charge is 2.06. The average molecular weight is 234 g/mol. The lowest BCUT2D eigenvalue weighted by atomic mass is 10.2. The zero-order valence-corrected chi connectivity index (χ0v) is 9.94. The van der Waals surface area contributed by atoms with Crippen LogP contribution < -0.4 is 10.6 Å². The molecule has 0 aliphatic heterocycles. The molecule has 2 N–H and O–H groups in total. The Morgan fingerprint density at radius 3 is 2.75 bits per heavy atom. The lowest BCUT2D eigenvalue weighted by molar-refractivity contribution is 0.911. The molecule has 0 aliphatic rings. The van der Waals surface area contributed by atoms with Gasteiger partial charge in [-0.15, -0.1) is 11.3 Å². The first kappa shape index (κ1) is 11.0. The largest absolute Gasteiger partial charge is 0.347 e. The minimum absolute atomic E-state index is 0.556. The molecule has 0 aromatic carbocycles. The molecule has 0 radical (unpaired) electrons. The van der Waals surface area contributed by atoms with Crippen molar-refractivity contribution < 1.29 is 0 Å². The van der Waals surface area contributed by atoms with Crippen LogP contribution in [-0.2, 0) is 13.1 Å². The highest BCUT2D eigenvalue weighted by Crippen LogP contribution is 2.22. The van der Waals surface area contributed by atoms with E-state index >= 15 is 0 Å². The molecule has 4 nitrogen and oxygen atoms in total. The van der Waals surface area contributed by atoms with E-state index in [1.54, 1.807) is 23.7 Å². The molecular weight excluding hydrogens is 220 g/mol. The molecule has 0 saturated carbocycles. The van der Waals surface area contributed by atoms with Crippen LogP contribution in [0.2, 0.25) is 0 Å². The Bertz CT molecular complexity index is 440. The van der Waals surface area contributed by atoms with Gasteiger partial charge in [-0.3, -0.25) is 4.98 Å². The number of aromatic nitrogens is 2. The van der Waals surface area contributed by atoms with Gasteiger partial charge in [-0.25, -0.2) is 4.98 Å². The topological polar surface area (TPSA) is 55.0 Å². The van der Waals surface area contributed by atoms with E-state index in [0.717, 1.165) is 16.6 Å². The van der Waals surface area contributed by atoms with Crippen molar-refractivity contribution in [2.75, 3.05) is 11.9 Å². The Hall–Kier alpha value is -1.46. The molecule has 2 heterocycles. The Labute approximate surface area is 98.8 Å². The van der Waals surface area contributed by atoms with Gasteiger partial charge in [-0.05, 0) is 17.7 Å². The SMILES string of the molecule is CN(Cc1ccncc1)c1ncc(CN)s1. The van der Waals surface area contributed by atoms with E-state index in [1.807, 2.05) is 25.4 Å². The molecule has 5 heteroatoms. The van der Waals surface area contributed by atoms with Crippen LogP contribution in [-0.4, -0.2) is 17.0 Å². The Morgan fingerprint density at radius 2 is 2.12 bits per heavy atom. The molecule has 2 rings (SSSR count). The minimum Gasteiger partial charge on any atom is -0.347 e. The first-order chi connectivity index (χ1) is 7.79. The smallest absolute Gasteiger partial charge is 0.185 e. The summed E-state index contributed by atoms with van der Waals surface area (Å²) >= 11 is 1.63. The summed E-state index contributed by atoms with van der Waals surface area (Å²) in [5.41, 5.74) is 6.78. The summed E-state index contributed by atoms with van der Waals surface area (Å²) in [4.78, 5) is 11.5. The van der Waals surface area contributed by atoms with Crippen LogP contribution in [0.1, 0.15) is 10.4 Å². The fourth-order valence-corrected chi connectivity index (χ4v) is 2.15. The predicted octanol–water partition coefficient (Wildman–Crippen LogP) is 1.63. The number of nitrogens with two attached hydrogens (primary N) is 1. The van der Waals surface area contributed by atoms with Gasteiger partial charge in [0.2, 0.25) is 0 Å². The summed E-state index contributed by atoms with van der Waals surface area (Å²) in [6.07, 6.45) is 5.44. The molecule has 0 aliphatic carbocycles. The van der Waals surface area contributed by atoms with Gasteiger partial charge in [0.1, 0.15) is 0 Å². The van der Waals surface area contributed by atoms with Crippen molar-refractivity contribution in [3.63, 3.8) is 0 Å². The Kier molecular flexibility index (Phi) is 3.48. The second-order valence-electron chi connectivity index (χ2n) is 3.52. The van der Waals surface area contributed by atoms with Gasteiger partial charge in [-0.2, -0.15) is 0 Å². The fourth-order valence-electron chi connectivity index (χ4n) is 1.40. The molecule has 0 fully saturated rings. The van der Waals surface area contributed by atoms with E-state index in [4.69, 9.17) is 5.73 Å². The molecule has 0 atom stereocenters. The number of nitrogens with zero attached hydrogens (tertiary/aromatic N) is 3. The lowest BCUT2D eigenvalue weighted by Gasteiger charge is -2.15. The maximum Gasteiger partial charge on any atom is 0.185 e. The van der Waals surface area contributed by atoms with E-state index < -0.39 is 0 Å². The molecule has 0 spiro atoms. The summed E-state index contributed by atoms with van der Waals surface area (Å²) in [5, 5.41) is 0.997. The molecule has 2 aromatic rings. The van der Waals surface area contributed by atoms with Crippen molar-refractivity contribution in [3.05, 3.63) is 41.2 Å². The second-order valence-corrected chi connectivity index (χ2v) is 4.62. The van der Waals surface area contributed by atoms with Gasteiger partial charge in [0.15, 0.2) is 5.13 Å². The summed E-state index contributed by atoms with van der Waals surface area (Å²) in [7, 11) is 2.03. The van der Waals surface area contributed by atoms with Crippen LogP contribution in [0, 0.1) is 0 Å². The van der Waals surface area contributed by atoms with Crippen LogP contribution in [0.5, 0.6) is 0 Å². The molecule has 84 valence electrons. The van der Waals surface area contributed by atoms with Crippen LogP contribution in [0.15, 0.2) is 30.7 Å². The molecule has 2 aromatic heterocycles. The van der Waals surface area contributed by atoms with Crippen molar-refractivity contribution in [3.8, 4) is 0 Å². The fraction of sp³-hybridized carbons (Fsp3) is 0.273. The molecular formula is C11H14N4S. The highest BCUT2D eigenvalue weighted by molar-refractivity contribution is 7.15. The number of hydrogen-bond donors (Lipinski definition) is 1. The van der Waals surface area contributed by atoms with Crippen molar-refractivity contribution in [2.45, 2.75) is 13.1 Å². The number of anilines is 1. The minimum atomic E-state index is 0.556. The second kappa shape index (κ2) is 5.05. The predicted molar refractivity (Wildman–Crippen MR) is 66.3 cm³/mol. The van der Waals surface area contributed by atoms with Crippen LogP contribution in [0.25, 0.3) is 0 Å². The van der Waals surface area contributed by atoms with Gasteiger partial charge >= 0.3 is 0 Å². The van der Waals surface area contributed by atoms with E-state index in [9.17, 15) is 0 Å². The summed E-state index contributed by atoms with van der Waals surface area (Å²) < 4.78 is 0. The van der Waals surface area contributed by atoms with Crippen LogP contribution in [0.4, 0.5) is 5.13 Å². The molecule has 0 unspecified atom stereocenters. The first-order valence-electron chi connectivity index (χ1n) is 5.04. The van der Waals surface area contributed by atoms with E-state index in [0.29, 0.717) is 6.54 Å². The monoisotopic (exact) mass is 234 g/mol. The molecule has 0 amide bonds. The molecule has 0 bridgehead atoms. The number of pyridine rings is 1. The first-order valence-corrected chi connectivity index (χ1v) is 5.86. The Morgan fingerprint density at radius 1 is 1.38 bits per heavy atom. The van der Waals surface area contributed by atoms with Gasteiger partial charge in [-0.1, -0.05) is 0 Å². The van der Waals surface area contributed by atoms with E-state index in [1.165, 1.54) is 5.56 Å². The third kappa shape index (κ3) is 2.56. The highest BCUT2D eigenvalue weighted by atomic mass is 32.1. The Balaban J connectivity index is 2.05. The van der Waals surface area contributed by atoms with Crippen molar-refractivity contribution >= 4 is 16.5 Å². The van der Waals surface area contributed by atoms with Crippen molar-refractivity contribution in [2.24, 2.45) is 5.73 Å². The van der Waals surface area contributed by atoms with Crippen molar-refractivity contribution in [1.82, 2.24) is 9.97 Å². The lowest BCUT2D eigenvalue weighted by Crippen LogP contribution is -2.15. The van der Waals surface area contributed by atoms with E-state index in [-0.39, 0.29) is 0 Å². The third-order valence-electron chi connectivity index (χ3n) is 2.24. The quantitative estimate of drug-likeness (QED) is 0.873. The van der Waals surface area contributed by atoms with Crippen molar-refractivity contribution in [1.29, 1.82) is 0 Å². The number of thiazole rings is 1. The standard InChI is InChI=1S/C11H14N4S/c1-15(8-9-2-4-13-5-3-9)11-14-7-10(6-12)16-11/h2-5,7H,6,8,12H2,1H3. The number of hydrogen-bond acceptors (Lipinski definition) is 5. The maximum absolute atomic E-state index is 5.56. The maximum atomic E-state index is 5.56. The molecule has 0 saturated heterocycles. The molecule has 16 heavy (non-hydrogen) atoms. The van der Waals surface area contributed by atoms with E-state index in [2.05, 4.69) is 14.9 Å². The third-order valence-corrected chi connectivity index (χ3v) is 3.37. The average Bonchev–Trinajstić information content (AvgIpc) is 2.79. The zero-order valence-electron chi connectivity index (χ0n) is 9.13. The van der Waals surface area contributed by atoms with Gasteiger partial charge in [0.05, 0.1) is 0 Å².